The van der Waals surface area contributed by atoms with Crippen LogP contribution in [0.25, 0.3) is 6.08 Å². The maximum absolute atomic E-state index is 13.4. The van der Waals surface area contributed by atoms with Crippen LogP contribution >= 0.6 is 0 Å². The van der Waals surface area contributed by atoms with E-state index in [4.69, 9.17) is 4.55 Å². The summed E-state index contributed by atoms with van der Waals surface area (Å²) < 4.78 is 124. The number of benzene rings is 1. The van der Waals surface area contributed by atoms with Crippen molar-refractivity contribution in [1.29, 1.82) is 0 Å². The molecule has 1 rings (SSSR count). The van der Waals surface area contributed by atoms with Crippen molar-refractivity contribution in [1.82, 2.24) is 0 Å². The Bertz CT molecular complexity index is 807. The average Bonchev–Trinajstić information content (AvgIpc) is 2.42. The van der Waals surface area contributed by atoms with Crippen molar-refractivity contribution in [2.45, 2.75) is 18.0 Å². The first-order chi connectivity index (χ1) is 12.0. The van der Waals surface area contributed by atoms with Crippen molar-refractivity contribution in [2.75, 3.05) is 5.75 Å². The number of hydrogen-bond acceptors (Lipinski definition) is 5. The minimum Gasteiger partial charge on any atom is -0.507 e. The van der Waals surface area contributed by atoms with Gasteiger partial charge in [-0.15, -0.1) is 0 Å². The summed E-state index contributed by atoms with van der Waals surface area (Å²) in [6.07, 6.45) is -12.7. The molecule has 27 heavy (non-hydrogen) atoms. The third kappa shape index (κ3) is 5.32. The second kappa shape index (κ2) is 7.34. The largest absolute Gasteiger partial charge is 0.507 e. The summed E-state index contributed by atoms with van der Waals surface area (Å²) in [5.41, 5.74) is -6.33. The molecule has 2 N–H and O–H groups in total. The third-order valence-corrected chi connectivity index (χ3v) is 3.76. The quantitative estimate of drug-likeness (QED) is 0.325. The SMILES string of the molecule is O=C(/C=C/c1c(O)cccc1F)OC(CS(=O)(=O)O)(C(F)(F)F)C(F)(F)F. The van der Waals surface area contributed by atoms with Crippen LogP contribution in [0.4, 0.5) is 30.7 Å². The van der Waals surface area contributed by atoms with E-state index in [9.17, 15) is 49.1 Å². The first-order valence-electron chi connectivity index (χ1n) is 6.47. The van der Waals surface area contributed by atoms with Crippen molar-refractivity contribution >= 4 is 22.2 Å². The highest BCUT2D eigenvalue weighted by Crippen LogP contribution is 2.46. The van der Waals surface area contributed by atoms with Gasteiger partial charge in [-0.1, -0.05) is 6.07 Å². The van der Waals surface area contributed by atoms with Gasteiger partial charge in [0, 0.05) is 6.08 Å². The number of esters is 1. The molecule has 0 fully saturated rings. The highest BCUT2D eigenvalue weighted by molar-refractivity contribution is 7.85. The monoisotopic (exact) mass is 426 g/mol. The van der Waals surface area contributed by atoms with E-state index in [0.717, 1.165) is 18.2 Å². The van der Waals surface area contributed by atoms with Crippen LogP contribution in [0.3, 0.4) is 0 Å². The fourth-order valence-corrected chi connectivity index (χ4v) is 2.67. The maximum Gasteiger partial charge on any atom is 0.438 e. The lowest BCUT2D eigenvalue weighted by Gasteiger charge is -2.35. The summed E-state index contributed by atoms with van der Waals surface area (Å²) >= 11 is 0. The van der Waals surface area contributed by atoms with Crippen molar-refractivity contribution in [3.8, 4) is 5.75 Å². The Morgan fingerprint density at radius 2 is 1.63 bits per heavy atom. The molecule has 0 radical (unpaired) electrons. The lowest BCUT2D eigenvalue weighted by molar-refractivity contribution is -0.360. The van der Waals surface area contributed by atoms with E-state index in [-0.39, 0.29) is 6.08 Å². The summed E-state index contributed by atoms with van der Waals surface area (Å²) in [7, 11) is -5.92. The van der Waals surface area contributed by atoms with Crippen molar-refractivity contribution < 1.29 is 58.3 Å². The van der Waals surface area contributed by atoms with Crippen molar-refractivity contribution in [3.05, 3.63) is 35.7 Å². The maximum atomic E-state index is 13.4. The molecule has 0 saturated heterocycles. The van der Waals surface area contributed by atoms with E-state index in [1.807, 2.05) is 0 Å². The van der Waals surface area contributed by atoms with Gasteiger partial charge in [0.05, 0.1) is 5.56 Å². The number of ether oxygens (including phenoxy) is 1. The third-order valence-electron chi connectivity index (χ3n) is 2.99. The van der Waals surface area contributed by atoms with Crippen LogP contribution in [0.15, 0.2) is 24.3 Å². The predicted molar refractivity (Wildman–Crippen MR) is 74.4 cm³/mol. The topological polar surface area (TPSA) is 101 Å². The first kappa shape index (κ1) is 22.7. The Hall–Kier alpha value is -2.35. The number of hydrogen-bond donors (Lipinski definition) is 2. The van der Waals surface area contributed by atoms with Crippen LogP contribution < -0.4 is 0 Å². The number of carbonyl (C=O) groups excluding carboxylic acids is 1. The van der Waals surface area contributed by atoms with Crippen molar-refractivity contribution in [3.63, 3.8) is 0 Å². The Labute approximate surface area is 146 Å². The standard InChI is InChI=1S/C13H9F7O6S/c14-8-2-1-3-9(21)7(8)4-5-10(22)26-11(12(15,16)17,13(18,19)20)6-27(23,24)25/h1-5,21H,6H2,(H,23,24,25)/b5-4+. The van der Waals surface area contributed by atoms with Gasteiger partial charge >= 0.3 is 23.9 Å². The van der Waals surface area contributed by atoms with Gasteiger partial charge in [0.1, 0.15) is 17.3 Å². The fourth-order valence-electron chi connectivity index (χ4n) is 1.77. The van der Waals surface area contributed by atoms with Crippen molar-refractivity contribution in [2.24, 2.45) is 0 Å². The normalized spacial score (nSPS) is 13.8. The zero-order valence-electron chi connectivity index (χ0n) is 12.7. The molecule has 14 heteroatoms. The van der Waals surface area contributed by atoms with Crippen LogP contribution in [0.5, 0.6) is 5.75 Å². The molecule has 0 aliphatic heterocycles. The number of rotatable bonds is 5. The Balaban J connectivity index is 3.33. The van der Waals surface area contributed by atoms with Gasteiger partial charge in [0.2, 0.25) is 0 Å². The highest BCUT2D eigenvalue weighted by Gasteiger charge is 2.75. The smallest absolute Gasteiger partial charge is 0.438 e. The molecule has 1 aromatic carbocycles. The minimum atomic E-state index is -6.48. The zero-order valence-corrected chi connectivity index (χ0v) is 13.5. The average molecular weight is 426 g/mol. The lowest BCUT2D eigenvalue weighted by atomic mass is 10.1. The zero-order chi connectivity index (χ0) is 21.3. The van der Waals surface area contributed by atoms with Gasteiger partial charge in [-0.2, -0.15) is 34.8 Å². The molecule has 0 aromatic heterocycles. The summed E-state index contributed by atoms with van der Waals surface area (Å²) in [5.74, 6) is -7.38. The molecule has 0 atom stereocenters. The predicted octanol–water partition coefficient (Wildman–Crippen LogP) is 2.84. The summed E-state index contributed by atoms with van der Waals surface area (Å²) in [5, 5.41) is 9.33. The molecule has 6 nitrogen and oxygen atoms in total. The number of carbonyl (C=O) groups is 1. The number of aromatic hydroxyl groups is 1. The van der Waals surface area contributed by atoms with Gasteiger partial charge in [-0.3, -0.25) is 4.55 Å². The van der Waals surface area contributed by atoms with E-state index < -0.39 is 56.9 Å². The molecule has 0 unspecified atom stereocenters. The van der Waals surface area contributed by atoms with Crippen LogP contribution in [0.2, 0.25) is 0 Å². The molecule has 0 spiro atoms. The number of halogens is 7. The fraction of sp³-hybridized carbons (Fsp3) is 0.308. The summed E-state index contributed by atoms with van der Waals surface area (Å²) in [4.78, 5) is 11.4. The van der Waals surface area contributed by atoms with Crippen LogP contribution in [0, 0.1) is 5.82 Å². The highest BCUT2D eigenvalue weighted by atomic mass is 32.2. The molecular formula is C13H9F7O6S. The molecule has 0 aliphatic rings. The van der Waals surface area contributed by atoms with E-state index in [1.54, 1.807) is 0 Å². The number of alkyl halides is 6. The number of phenolic OH excluding ortho intramolecular Hbond substituents is 1. The number of phenols is 1. The van der Waals surface area contributed by atoms with Gasteiger partial charge in [0.25, 0.3) is 10.1 Å². The van der Waals surface area contributed by atoms with Gasteiger partial charge in [-0.05, 0) is 18.2 Å². The van der Waals surface area contributed by atoms with E-state index >= 15 is 0 Å². The molecule has 0 aliphatic carbocycles. The Kier molecular flexibility index (Phi) is 6.17. The summed E-state index contributed by atoms with van der Waals surface area (Å²) in [6, 6.07) is 2.69. The second-order valence-corrected chi connectivity index (χ2v) is 6.43. The van der Waals surface area contributed by atoms with E-state index in [2.05, 4.69) is 4.74 Å². The van der Waals surface area contributed by atoms with Crippen LogP contribution in [0.1, 0.15) is 5.56 Å². The molecule has 0 bridgehead atoms. The van der Waals surface area contributed by atoms with Crippen LogP contribution in [-0.4, -0.2) is 47.8 Å². The Morgan fingerprint density at radius 1 is 1.11 bits per heavy atom. The molecular weight excluding hydrogens is 417 g/mol. The second-order valence-electron chi connectivity index (χ2n) is 4.98. The van der Waals surface area contributed by atoms with E-state index in [0.29, 0.717) is 6.08 Å². The first-order valence-corrected chi connectivity index (χ1v) is 8.08. The molecule has 0 heterocycles. The molecule has 152 valence electrons. The minimum absolute atomic E-state index is 0.0889. The molecule has 0 saturated carbocycles. The van der Waals surface area contributed by atoms with Gasteiger partial charge < -0.3 is 9.84 Å². The lowest BCUT2D eigenvalue weighted by Crippen LogP contribution is -2.63. The van der Waals surface area contributed by atoms with E-state index in [1.165, 1.54) is 0 Å². The molecule has 1 aromatic rings. The molecule has 0 amide bonds. The van der Waals surface area contributed by atoms with Gasteiger partial charge in [0.15, 0.2) is 0 Å². The summed E-state index contributed by atoms with van der Waals surface area (Å²) in [6.45, 7) is 0. The van der Waals surface area contributed by atoms with Gasteiger partial charge in [-0.25, -0.2) is 9.18 Å². The Morgan fingerprint density at radius 3 is 2.04 bits per heavy atom. The van der Waals surface area contributed by atoms with Crippen LogP contribution in [-0.2, 0) is 19.6 Å².